The second-order valence-electron chi connectivity index (χ2n) is 8.05. The molecule has 8 nitrogen and oxygen atoms in total. The van der Waals surface area contributed by atoms with E-state index in [1.54, 1.807) is 7.05 Å². The summed E-state index contributed by atoms with van der Waals surface area (Å²) in [6.45, 7) is 0.00783. The van der Waals surface area contributed by atoms with Crippen LogP contribution in [0.5, 0.6) is 5.75 Å². The first-order valence-corrected chi connectivity index (χ1v) is 10.9. The first-order chi connectivity index (χ1) is 16.6. The van der Waals surface area contributed by atoms with E-state index in [1.807, 2.05) is 78.9 Å². The number of nitrogens with zero attached hydrogens (tertiary/aromatic N) is 3. The van der Waals surface area contributed by atoms with Crippen LogP contribution in [0.4, 0.5) is 5.69 Å². The number of carbonyl (C=O) groups excluding carboxylic acids is 2. The molecule has 0 saturated carbocycles. The smallest absolute Gasteiger partial charge is 0.291 e. The summed E-state index contributed by atoms with van der Waals surface area (Å²) in [5.74, 6) is 0.307. The van der Waals surface area contributed by atoms with E-state index in [0.717, 1.165) is 16.7 Å². The molecule has 0 fully saturated rings. The molecule has 0 radical (unpaired) electrons. The third kappa shape index (κ3) is 4.38. The molecule has 2 amide bonds. The van der Waals surface area contributed by atoms with Gasteiger partial charge in [-0.25, -0.2) is 4.98 Å². The molecular weight excluding hydrogens is 430 g/mol. The summed E-state index contributed by atoms with van der Waals surface area (Å²) in [6, 6.07) is 24.5. The number of hydrogen-bond acceptors (Lipinski definition) is 5. The third-order valence-corrected chi connectivity index (χ3v) is 5.72. The maximum Gasteiger partial charge on any atom is 0.291 e. The molecule has 0 unspecified atom stereocenters. The van der Waals surface area contributed by atoms with Crippen LogP contribution in [0.1, 0.15) is 22.0 Å². The SMILES string of the molecule is CN1C(=O)[C@@H](NC(=O)c2n[nH]c(Cc3ccccc3)n2)COc2ccc(-c3ccccc3)cc21. The van der Waals surface area contributed by atoms with Crippen molar-refractivity contribution in [1.82, 2.24) is 20.5 Å². The zero-order chi connectivity index (χ0) is 23.5. The van der Waals surface area contributed by atoms with Crippen LogP contribution < -0.4 is 15.0 Å². The molecule has 2 heterocycles. The summed E-state index contributed by atoms with van der Waals surface area (Å²) < 4.78 is 5.89. The Morgan fingerprint density at radius 1 is 1.06 bits per heavy atom. The van der Waals surface area contributed by atoms with Crippen molar-refractivity contribution in [1.29, 1.82) is 0 Å². The van der Waals surface area contributed by atoms with E-state index in [9.17, 15) is 9.59 Å². The van der Waals surface area contributed by atoms with Crippen molar-refractivity contribution in [2.45, 2.75) is 12.5 Å². The standard InChI is InChI=1S/C26H23N5O3/c1-31-21-15-19(18-10-6-3-7-11-18)12-13-22(21)34-16-20(26(31)33)27-25(32)24-28-23(29-30-24)14-17-8-4-2-5-9-17/h2-13,15,20H,14,16H2,1H3,(H,27,32)(H,28,29,30)/t20-/m0/s1. The summed E-state index contributed by atoms with van der Waals surface area (Å²) in [4.78, 5) is 31.7. The molecule has 1 atom stereocenters. The molecule has 0 aliphatic carbocycles. The van der Waals surface area contributed by atoms with Gasteiger partial charge < -0.3 is 15.0 Å². The summed E-state index contributed by atoms with van der Waals surface area (Å²) in [6.07, 6.45) is 0.522. The zero-order valence-electron chi connectivity index (χ0n) is 18.6. The lowest BCUT2D eigenvalue weighted by atomic mass is 10.0. The Labute approximate surface area is 196 Å². The summed E-state index contributed by atoms with van der Waals surface area (Å²) in [5, 5.41) is 9.52. The summed E-state index contributed by atoms with van der Waals surface area (Å²) in [7, 11) is 1.68. The van der Waals surface area contributed by atoms with Gasteiger partial charge in [0, 0.05) is 13.5 Å². The van der Waals surface area contributed by atoms with Crippen LogP contribution in [0.25, 0.3) is 11.1 Å². The molecule has 34 heavy (non-hydrogen) atoms. The van der Waals surface area contributed by atoms with E-state index in [0.29, 0.717) is 23.7 Å². The summed E-state index contributed by atoms with van der Waals surface area (Å²) in [5.41, 5.74) is 3.70. The van der Waals surface area contributed by atoms with Crippen LogP contribution in [0, 0.1) is 0 Å². The molecule has 0 bridgehead atoms. The van der Waals surface area contributed by atoms with E-state index < -0.39 is 11.9 Å². The number of nitrogens with one attached hydrogen (secondary N) is 2. The molecule has 8 heteroatoms. The molecule has 5 rings (SSSR count). The lowest BCUT2D eigenvalue weighted by Crippen LogP contribution is -2.49. The van der Waals surface area contributed by atoms with Gasteiger partial charge in [0.05, 0.1) is 5.69 Å². The number of aromatic nitrogens is 3. The minimum atomic E-state index is -0.874. The second kappa shape index (κ2) is 9.19. The molecule has 0 saturated heterocycles. The third-order valence-electron chi connectivity index (χ3n) is 5.72. The van der Waals surface area contributed by atoms with Gasteiger partial charge >= 0.3 is 0 Å². The van der Waals surface area contributed by atoms with Crippen molar-refractivity contribution in [3.8, 4) is 16.9 Å². The van der Waals surface area contributed by atoms with Crippen molar-refractivity contribution in [3.63, 3.8) is 0 Å². The van der Waals surface area contributed by atoms with Gasteiger partial charge in [-0.2, -0.15) is 0 Å². The predicted octanol–water partition coefficient (Wildman–Crippen LogP) is 3.22. The van der Waals surface area contributed by atoms with Gasteiger partial charge in [-0.1, -0.05) is 66.7 Å². The van der Waals surface area contributed by atoms with Gasteiger partial charge in [0.1, 0.15) is 24.2 Å². The number of H-pyrrole nitrogens is 1. The first-order valence-electron chi connectivity index (χ1n) is 10.9. The van der Waals surface area contributed by atoms with Crippen LogP contribution >= 0.6 is 0 Å². The van der Waals surface area contributed by atoms with E-state index in [-0.39, 0.29) is 18.3 Å². The Morgan fingerprint density at radius 3 is 2.56 bits per heavy atom. The monoisotopic (exact) mass is 453 g/mol. The maximum absolute atomic E-state index is 13.2. The Balaban J connectivity index is 1.30. The van der Waals surface area contributed by atoms with Gasteiger partial charge in [-0.05, 0) is 28.8 Å². The fraction of sp³-hybridized carbons (Fsp3) is 0.154. The van der Waals surface area contributed by atoms with Crippen molar-refractivity contribution in [2.24, 2.45) is 0 Å². The minimum Gasteiger partial charge on any atom is -0.489 e. The Kier molecular flexibility index (Phi) is 5.78. The second-order valence-corrected chi connectivity index (χ2v) is 8.05. The molecule has 1 aromatic heterocycles. The highest BCUT2D eigenvalue weighted by atomic mass is 16.5. The largest absolute Gasteiger partial charge is 0.489 e. The highest BCUT2D eigenvalue weighted by molar-refractivity contribution is 6.02. The van der Waals surface area contributed by atoms with Crippen LogP contribution in [0.3, 0.4) is 0 Å². The number of rotatable bonds is 5. The average Bonchev–Trinajstić information content (AvgIpc) is 3.31. The van der Waals surface area contributed by atoms with Gasteiger partial charge in [-0.15, -0.1) is 5.10 Å². The summed E-state index contributed by atoms with van der Waals surface area (Å²) >= 11 is 0. The molecule has 1 aliphatic heterocycles. The molecule has 3 aromatic carbocycles. The number of benzene rings is 3. The molecule has 4 aromatic rings. The van der Waals surface area contributed by atoms with E-state index in [2.05, 4.69) is 20.5 Å². The van der Waals surface area contributed by atoms with Crippen LogP contribution in [-0.2, 0) is 11.2 Å². The Hall–Kier alpha value is -4.46. The fourth-order valence-corrected chi connectivity index (χ4v) is 3.90. The van der Waals surface area contributed by atoms with Crippen LogP contribution in [0.2, 0.25) is 0 Å². The predicted molar refractivity (Wildman–Crippen MR) is 128 cm³/mol. The lowest BCUT2D eigenvalue weighted by Gasteiger charge is -2.20. The fourth-order valence-electron chi connectivity index (χ4n) is 3.90. The topological polar surface area (TPSA) is 100 Å². The van der Waals surface area contributed by atoms with Crippen molar-refractivity contribution >= 4 is 17.5 Å². The number of ether oxygens (including phenoxy) is 1. The normalized spacial score (nSPS) is 15.3. The van der Waals surface area contributed by atoms with E-state index in [1.165, 1.54) is 4.90 Å². The van der Waals surface area contributed by atoms with Crippen LogP contribution in [0.15, 0.2) is 78.9 Å². The first kappa shape index (κ1) is 21.4. The quantitative estimate of drug-likeness (QED) is 0.483. The van der Waals surface area contributed by atoms with Gasteiger partial charge in [0.15, 0.2) is 0 Å². The Bertz CT molecular complexity index is 1320. The van der Waals surface area contributed by atoms with Crippen molar-refractivity contribution < 1.29 is 14.3 Å². The number of carbonyl (C=O) groups is 2. The Morgan fingerprint density at radius 2 is 1.79 bits per heavy atom. The number of hydrogen-bond donors (Lipinski definition) is 2. The number of aromatic amines is 1. The van der Waals surface area contributed by atoms with Crippen LogP contribution in [-0.4, -0.2) is 46.7 Å². The average molecular weight is 454 g/mol. The molecule has 2 N–H and O–H groups in total. The highest BCUT2D eigenvalue weighted by Crippen LogP contribution is 2.35. The highest BCUT2D eigenvalue weighted by Gasteiger charge is 2.31. The molecular formula is C26H23N5O3. The van der Waals surface area contributed by atoms with Crippen molar-refractivity contribution in [3.05, 3.63) is 96.1 Å². The van der Waals surface area contributed by atoms with Gasteiger partial charge in [-0.3, -0.25) is 14.7 Å². The molecule has 0 spiro atoms. The number of likely N-dealkylation sites (N-methyl/N-ethyl adjacent to an activating group) is 1. The maximum atomic E-state index is 13.2. The van der Waals surface area contributed by atoms with Gasteiger partial charge in [0.2, 0.25) is 5.82 Å². The van der Waals surface area contributed by atoms with Gasteiger partial charge in [0.25, 0.3) is 11.8 Å². The van der Waals surface area contributed by atoms with Crippen molar-refractivity contribution in [2.75, 3.05) is 18.6 Å². The minimum absolute atomic E-state index is 0.00783. The van der Waals surface area contributed by atoms with E-state index >= 15 is 0 Å². The lowest BCUT2D eigenvalue weighted by molar-refractivity contribution is -0.120. The number of fused-ring (bicyclic) bond motifs is 1. The zero-order valence-corrected chi connectivity index (χ0v) is 18.6. The molecule has 170 valence electrons. The number of anilines is 1. The molecule has 1 aliphatic rings. The number of amides is 2. The van der Waals surface area contributed by atoms with E-state index in [4.69, 9.17) is 4.74 Å².